The Balaban J connectivity index is 1.45. The van der Waals surface area contributed by atoms with Crippen LogP contribution in [0.4, 0.5) is 0 Å². The predicted molar refractivity (Wildman–Crippen MR) is 116 cm³/mol. The minimum Gasteiger partial charge on any atom is -0.471 e. The van der Waals surface area contributed by atoms with E-state index < -0.39 is 5.91 Å². The molecule has 0 fully saturated rings. The number of rotatable bonds is 5. The molecule has 0 bridgehead atoms. The molecular formula is C23H21N5O3. The summed E-state index contributed by atoms with van der Waals surface area (Å²) in [5.74, 6) is -0.692. The van der Waals surface area contributed by atoms with Crippen LogP contribution in [0, 0.1) is 0 Å². The smallest absolute Gasteiger partial charge is 0.276 e. The maximum atomic E-state index is 12.2. The van der Waals surface area contributed by atoms with Crippen molar-refractivity contribution in [1.29, 1.82) is 0 Å². The minimum atomic E-state index is -0.504. The van der Waals surface area contributed by atoms with Gasteiger partial charge in [0.15, 0.2) is 0 Å². The summed E-state index contributed by atoms with van der Waals surface area (Å²) in [7, 11) is 1.69. The Morgan fingerprint density at radius 3 is 2.55 bits per heavy atom. The second kappa shape index (κ2) is 8.66. The van der Waals surface area contributed by atoms with E-state index in [1.165, 1.54) is 17.8 Å². The van der Waals surface area contributed by atoms with Gasteiger partial charge in [0.2, 0.25) is 11.8 Å². The van der Waals surface area contributed by atoms with Crippen LogP contribution in [0.3, 0.4) is 0 Å². The summed E-state index contributed by atoms with van der Waals surface area (Å²) in [5.41, 5.74) is 8.56. The second-order valence-corrected chi connectivity index (χ2v) is 7.03. The van der Waals surface area contributed by atoms with E-state index in [4.69, 9.17) is 9.72 Å². The number of ether oxygens (including phenoxy) is 1. The van der Waals surface area contributed by atoms with Crippen molar-refractivity contribution in [2.24, 2.45) is 7.05 Å². The fourth-order valence-corrected chi connectivity index (χ4v) is 3.09. The number of benzene rings is 2. The Morgan fingerprint density at radius 2 is 1.77 bits per heavy atom. The van der Waals surface area contributed by atoms with E-state index in [0.29, 0.717) is 0 Å². The molecule has 0 atom stereocenters. The van der Waals surface area contributed by atoms with E-state index in [-0.39, 0.29) is 24.0 Å². The molecular weight excluding hydrogens is 394 g/mol. The Hall–Kier alpha value is -4.20. The van der Waals surface area contributed by atoms with Gasteiger partial charge in [0, 0.05) is 31.1 Å². The lowest BCUT2D eigenvalue weighted by Crippen LogP contribution is -2.40. The van der Waals surface area contributed by atoms with Crippen LogP contribution in [0.1, 0.15) is 22.8 Å². The number of aromatic nitrogens is 3. The molecule has 0 aliphatic rings. The molecule has 4 aromatic rings. The topological polar surface area (TPSA) is 98.1 Å². The lowest BCUT2D eigenvalue weighted by Gasteiger charge is -2.08. The van der Waals surface area contributed by atoms with Crippen molar-refractivity contribution in [3.63, 3.8) is 0 Å². The number of carbonyl (C=O) groups is 2. The molecule has 2 aromatic carbocycles. The zero-order valence-electron chi connectivity index (χ0n) is 17.1. The first-order valence-corrected chi connectivity index (χ1v) is 9.68. The molecule has 2 heterocycles. The van der Waals surface area contributed by atoms with E-state index in [2.05, 4.69) is 22.0 Å². The van der Waals surface area contributed by atoms with Crippen LogP contribution < -0.4 is 15.6 Å². The first-order valence-electron chi connectivity index (χ1n) is 9.68. The quantitative estimate of drug-likeness (QED) is 0.489. The molecule has 156 valence electrons. The highest BCUT2D eigenvalue weighted by Crippen LogP contribution is 2.22. The Labute approximate surface area is 178 Å². The van der Waals surface area contributed by atoms with Crippen molar-refractivity contribution in [2.75, 3.05) is 0 Å². The number of hydrogen-bond donors (Lipinski definition) is 2. The number of amides is 2. The number of hydrazine groups is 1. The van der Waals surface area contributed by atoms with Crippen LogP contribution in [0.5, 0.6) is 5.88 Å². The summed E-state index contributed by atoms with van der Waals surface area (Å²) in [6.07, 6.45) is 1.53. The molecule has 2 N–H and O–H groups in total. The molecule has 4 rings (SSSR count). The largest absolute Gasteiger partial charge is 0.471 e. The zero-order valence-corrected chi connectivity index (χ0v) is 17.1. The van der Waals surface area contributed by atoms with Crippen LogP contribution in [-0.4, -0.2) is 26.6 Å². The SMILES string of the molecule is CC(=O)NNC(=O)c1cn(C)nc1OCc1ccc(-c2ccc3ccccc3n2)cc1. The third-order valence-corrected chi connectivity index (χ3v) is 4.62. The van der Waals surface area contributed by atoms with Crippen molar-refractivity contribution in [3.8, 4) is 17.1 Å². The zero-order chi connectivity index (χ0) is 21.8. The van der Waals surface area contributed by atoms with Crippen LogP contribution in [0.15, 0.2) is 66.9 Å². The summed E-state index contributed by atoms with van der Waals surface area (Å²) >= 11 is 0. The predicted octanol–water partition coefficient (Wildman–Crippen LogP) is 3.00. The van der Waals surface area contributed by atoms with Crippen molar-refractivity contribution in [2.45, 2.75) is 13.5 Å². The summed E-state index contributed by atoms with van der Waals surface area (Å²) in [5, 5.41) is 5.28. The van der Waals surface area contributed by atoms with Crippen LogP contribution in [0.2, 0.25) is 0 Å². The molecule has 2 aromatic heterocycles. The van der Waals surface area contributed by atoms with Crippen LogP contribution >= 0.6 is 0 Å². The highest BCUT2D eigenvalue weighted by atomic mass is 16.5. The third-order valence-electron chi connectivity index (χ3n) is 4.62. The summed E-state index contributed by atoms with van der Waals surface area (Å²) in [6, 6.07) is 19.9. The van der Waals surface area contributed by atoms with Crippen molar-refractivity contribution in [3.05, 3.63) is 78.0 Å². The van der Waals surface area contributed by atoms with Gasteiger partial charge in [0.1, 0.15) is 12.2 Å². The maximum Gasteiger partial charge on any atom is 0.276 e. The van der Waals surface area contributed by atoms with E-state index in [9.17, 15) is 9.59 Å². The molecule has 0 saturated heterocycles. The van der Waals surface area contributed by atoms with E-state index >= 15 is 0 Å². The average Bonchev–Trinajstić information content (AvgIpc) is 3.16. The van der Waals surface area contributed by atoms with Crippen molar-refractivity contribution in [1.82, 2.24) is 25.6 Å². The number of aryl methyl sites for hydroxylation is 1. The molecule has 0 radical (unpaired) electrons. The fraction of sp³-hybridized carbons (Fsp3) is 0.130. The standard InChI is InChI=1S/C23H21N5O3/c1-15(29)25-26-22(30)19-13-28(2)27-23(19)31-14-16-7-9-18(10-8-16)21-12-11-17-5-3-4-6-20(17)24-21/h3-13H,14H2,1-2H3,(H,25,29)(H,26,30). The van der Waals surface area contributed by atoms with Gasteiger partial charge in [0.05, 0.1) is 11.2 Å². The summed E-state index contributed by atoms with van der Waals surface area (Å²) in [6.45, 7) is 1.54. The molecule has 0 aliphatic heterocycles. The van der Waals surface area contributed by atoms with Gasteiger partial charge in [-0.1, -0.05) is 48.5 Å². The first-order chi connectivity index (χ1) is 15.0. The van der Waals surface area contributed by atoms with E-state index in [1.807, 2.05) is 54.6 Å². The lowest BCUT2D eigenvalue weighted by molar-refractivity contribution is -0.119. The molecule has 31 heavy (non-hydrogen) atoms. The number of fused-ring (bicyclic) bond motifs is 1. The van der Waals surface area contributed by atoms with Gasteiger partial charge in [-0.3, -0.25) is 25.1 Å². The number of pyridine rings is 1. The molecule has 8 heteroatoms. The molecule has 2 amide bonds. The van der Waals surface area contributed by atoms with Gasteiger partial charge >= 0.3 is 0 Å². The first kappa shape index (κ1) is 20.1. The molecule has 0 saturated carbocycles. The molecule has 0 unspecified atom stereocenters. The molecule has 0 spiro atoms. The van der Waals surface area contributed by atoms with E-state index in [0.717, 1.165) is 27.7 Å². The summed E-state index contributed by atoms with van der Waals surface area (Å²) in [4.78, 5) is 27.9. The third kappa shape index (κ3) is 4.69. The number of nitrogens with zero attached hydrogens (tertiary/aromatic N) is 3. The molecule has 8 nitrogen and oxygen atoms in total. The van der Waals surface area contributed by atoms with Crippen LogP contribution in [-0.2, 0) is 18.4 Å². The van der Waals surface area contributed by atoms with Gasteiger partial charge in [0.25, 0.3) is 5.91 Å². The fourth-order valence-electron chi connectivity index (χ4n) is 3.09. The number of para-hydroxylation sites is 1. The van der Waals surface area contributed by atoms with E-state index in [1.54, 1.807) is 7.05 Å². The number of nitrogens with one attached hydrogen (secondary N) is 2. The number of carbonyl (C=O) groups excluding carboxylic acids is 2. The Morgan fingerprint density at radius 1 is 1.00 bits per heavy atom. The van der Waals surface area contributed by atoms with Crippen molar-refractivity contribution >= 4 is 22.7 Å². The number of hydrogen-bond acceptors (Lipinski definition) is 5. The average molecular weight is 415 g/mol. The Bertz CT molecular complexity index is 1250. The second-order valence-electron chi connectivity index (χ2n) is 7.03. The normalized spacial score (nSPS) is 10.6. The van der Waals surface area contributed by atoms with Crippen LogP contribution in [0.25, 0.3) is 22.2 Å². The highest BCUT2D eigenvalue weighted by Gasteiger charge is 2.17. The van der Waals surface area contributed by atoms with Gasteiger partial charge in [-0.25, -0.2) is 4.98 Å². The monoisotopic (exact) mass is 415 g/mol. The van der Waals surface area contributed by atoms with Gasteiger partial charge in [-0.05, 0) is 17.7 Å². The minimum absolute atomic E-state index is 0.186. The van der Waals surface area contributed by atoms with Crippen molar-refractivity contribution < 1.29 is 14.3 Å². The lowest BCUT2D eigenvalue weighted by atomic mass is 10.1. The van der Waals surface area contributed by atoms with Gasteiger partial charge < -0.3 is 4.74 Å². The maximum absolute atomic E-state index is 12.2. The molecule has 0 aliphatic carbocycles. The Kier molecular flexibility index (Phi) is 5.61. The summed E-state index contributed by atoms with van der Waals surface area (Å²) < 4.78 is 7.23. The highest BCUT2D eigenvalue weighted by molar-refractivity contribution is 5.97. The van der Waals surface area contributed by atoms with Gasteiger partial charge in [-0.2, -0.15) is 0 Å². The van der Waals surface area contributed by atoms with Gasteiger partial charge in [-0.15, -0.1) is 5.10 Å².